The van der Waals surface area contributed by atoms with Crippen LogP contribution in [0.2, 0.25) is 0 Å². The van der Waals surface area contributed by atoms with Gasteiger partial charge in [-0.2, -0.15) is 25.3 Å². The first-order valence-electron chi connectivity index (χ1n) is 7.61. The van der Waals surface area contributed by atoms with E-state index in [-0.39, 0.29) is 126 Å². The Kier molecular flexibility index (Phi) is 9.37. The van der Waals surface area contributed by atoms with Crippen molar-refractivity contribution >= 4 is 62.7 Å². The van der Waals surface area contributed by atoms with Crippen molar-refractivity contribution in [1.29, 1.82) is 0 Å². The molecule has 4 aromatic rings. The summed E-state index contributed by atoms with van der Waals surface area (Å²) in [6, 6.07) is 5.98. The van der Waals surface area contributed by atoms with E-state index < -0.39 is 50.4 Å². The number of aromatic hydroxyl groups is 1. The van der Waals surface area contributed by atoms with Gasteiger partial charge in [0.15, 0.2) is 0 Å². The van der Waals surface area contributed by atoms with Crippen LogP contribution in [0, 0.1) is 0 Å². The molecule has 4 aromatic carbocycles. The van der Waals surface area contributed by atoms with Gasteiger partial charge in [0.1, 0.15) is 20.4 Å². The molecule has 158 valence electrons. The molecule has 0 radical (unpaired) electrons. The van der Waals surface area contributed by atoms with Gasteiger partial charge in [-0.05, 0) is 30.3 Å². The van der Waals surface area contributed by atoms with Gasteiger partial charge in [-0.3, -0.25) is 13.7 Å². The fourth-order valence-electron chi connectivity index (χ4n) is 3.51. The third-order valence-electron chi connectivity index (χ3n) is 4.60. The Hall–Kier alpha value is 0.450. The molecule has 4 N–H and O–H groups in total. The van der Waals surface area contributed by atoms with Crippen LogP contribution in [-0.2, 0) is 30.4 Å². The van der Waals surface area contributed by atoms with Crippen LogP contribution < -0.4 is 88.7 Å². The smallest absolute Gasteiger partial charge is 1.00 e. The summed E-state index contributed by atoms with van der Waals surface area (Å²) in [5.74, 6) is -0.334. The average molecular weight is 530 g/mol. The molecule has 0 fully saturated rings. The van der Waals surface area contributed by atoms with Gasteiger partial charge in [-0.1, -0.05) is 6.07 Å². The summed E-state index contributed by atoms with van der Waals surface area (Å²) in [6.07, 6.45) is 0. The van der Waals surface area contributed by atoms with Crippen LogP contribution in [0.25, 0.3) is 32.3 Å². The normalized spacial score (nSPS) is 12.3. The molecule has 0 aromatic heterocycles. The maximum atomic E-state index is 11.9. The van der Waals surface area contributed by atoms with Crippen molar-refractivity contribution < 1.29 is 137 Å². The van der Waals surface area contributed by atoms with Gasteiger partial charge in [-0.15, -0.1) is 0 Å². The van der Waals surface area contributed by atoms with Crippen molar-refractivity contribution in [2.45, 2.75) is 14.7 Å². The quantitative estimate of drug-likeness (QED) is 0.113. The molecule has 0 aliphatic heterocycles. The number of benzene rings is 4. The van der Waals surface area contributed by atoms with Gasteiger partial charge in [0.25, 0.3) is 30.4 Å². The van der Waals surface area contributed by atoms with Crippen LogP contribution in [0.15, 0.2) is 51.1 Å². The summed E-state index contributed by atoms with van der Waals surface area (Å²) < 4.78 is 100. The molecule has 0 bridgehead atoms. The average Bonchev–Trinajstić information content (AvgIpc) is 2.57. The van der Waals surface area contributed by atoms with Crippen molar-refractivity contribution in [2.24, 2.45) is 0 Å². The third kappa shape index (κ3) is 5.03. The van der Waals surface area contributed by atoms with E-state index in [0.717, 1.165) is 18.2 Å². The standard InChI is InChI=1S/C16H10O10S3.3Na.3H/c17-11-4-3-9-12(27(18,19)20)5-10-14(29(24,25)26)6-13(28(21,22)23)8-2-1-7(11)15(9)16(8)10;;;;;;/h1-6,17H,(H,18,19,20)(H,21,22,23)(H,24,25,26);;;;;;/q;3*+1;3*-1. The summed E-state index contributed by atoms with van der Waals surface area (Å²) in [7, 11) is -15.0. The molecule has 0 spiro atoms. The molecule has 0 atom stereocenters. The number of phenols is 1. The SMILES string of the molecule is O=S(=O)(O)c1cc2c(S(=O)(=O)O)cc(S(=O)(=O)O)c3ccc4c(O)ccc1c4c32.[H-].[H-].[H-].[Na+].[Na+].[Na+]. The Balaban J connectivity index is -0.00000171. The van der Waals surface area contributed by atoms with Crippen molar-refractivity contribution in [2.75, 3.05) is 0 Å². The molecule has 0 heterocycles. The monoisotopic (exact) mass is 530 g/mol. The summed E-state index contributed by atoms with van der Waals surface area (Å²) in [6.45, 7) is 0. The van der Waals surface area contributed by atoms with E-state index in [1.54, 1.807) is 0 Å². The van der Waals surface area contributed by atoms with Crippen molar-refractivity contribution in [1.82, 2.24) is 0 Å². The van der Waals surface area contributed by atoms with E-state index >= 15 is 0 Å². The molecule has 16 heteroatoms. The molecule has 0 unspecified atom stereocenters. The molecule has 10 nitrogen and oxygen atoms in total. The van der Waals surface area contributed by atoms with E-state index in [9.17, 15) is 44.0 Å². The Bertz CT molecular complexity index is 1700. The number of hydrogen-bond acceptors (Lipinski definition) is 7. The number of hydrogen-bond donors (Lipinski definition) is 4. The largest absolute Gasteiger partial charge is 1.00 e. The zero-order valence-corrected chi connectivity index (χ0v) is 25.4. The van der Waals surface area contributed by atoms with Gasteiger partial charge < -0.3 is 9.39 Å². The minimum absolute atomic E-state index is 0. The summed E-state index contributed by atoms with van der Waals surface area (Å²) in [4.78, 5) is -2.56. The van der Waals surface area contributed by atoms with Crippen LogP contribution in [0.1, 0.15) is 4.28 Å². The maximum Gasteiger partial charge on any atom is 1.00 e. The first kappa shape index (κ1) is 30.5. The molecule has 0 aliphatic rings. The van der Waals surface area contributed by atoms with Crippen molar-refractivity contribution in [3.8, 4) is 5.75 Å². The second-order valence-corrected chi connectivity index (χ2v) is 10.4. The Morgan fingerprint density at radius 3 is 1.34 bits per heavy atom. The van der Waals surface area contributed by atoms with E-state index in [1.165, 1.54) is 12.1 Å². The minimum atomic E-state index is -5.10. The maximum absolute atomic E-state index is 11.9. The minimum Gasteiger partial charge on any atom is -1.00 e. The van der Waals surface area contributed by atoms with Gasteiger partial charge >= 0.3 is 88.7 Å². The molecule has 4 rings (SSSR count). The van der Waals surface area contributed by atoms with Crippen molar-refractivity contribution in [3.05, 3.63) is 36.4 Å². The molecule has 0 aliphatic carbocycles. The fraction of sp³-hybridized carbons (Fsp3) is 0. The van der Waals surface area contributed by atoms with Crippen LogP contribution in [0.5, 0.6) is 5.75 Å². The zero-order chi connectivity index (χ0) is 21.5. The summed E-state index contributed by atoms with van der Waals surface area (Å²) in [5, 5.41) is 9.21. The molecule has 0 saturated heterocycles. The third-order valence-corrected chi connectivity index (χ3v) is 7.28. The van der Waals surface area contributed by atoms with Crippen LogP contribution in [-0.4, -0.2) is 44.0 Å². The molecule has 32 heavy (non-hydrogen) atoms. The fourth-order valence-corrected chi connectivity index (χ4v) is 5.72. The zero-order valence-electron chi connectivity index (χ0n) is 19.9. The second kappa shape index (κ2) is 9.84. The number of rotatable bonds is 3. The van der Waals surface area contributed by atoms with Gasteiger partial charge in [-0.25, -0.2) is 0 Å². The van der Waals surface area contributed by atoms with Crippen LogP contribution in [0.3, 0.4) is 0 Å². The second-order valence-electron chi connectivity index (χ2n) is 6.26. The molecule has 0 amide bonds. The Morgan fingerprint density at radius 2 is 0.875 bits per heavy atom. The van der Waals surface area contributed by atoms with E-state index in [2.05, 4.69) is 0 Å². The molecule has 0 saturated carbocycles. The number of phenolic OH excluding ortho intramolecular Hbond substituents is 1. The van der Waals surface area contributed by atoms with Gasteiger partial charge in [0.05, 0.1) is 0 Å². The Morgan fingerprint density at radius 1 is 0.531 bits per heavy atom. The predicted octanol–water partition coefficient (Wildman–Crippen LogP) is -6.62. The van der Waals surface area contributed by atoms with Crippen molar-refractivity contribution in [3.63, 3.8) is 0 Å². The Labute approximate surface area is 253 Å². The topological polar surface area (TPSA) is 183 Å². The van der Waals surface area contributed by atoms with Gasteiger partial charge in [0.2, 0.25) is 0 Å². The summed E-state index contributed by atoms with van der Waals surface area (Å²) >= 11 is 0. The summed E-state index contributed by atoms with van der Waals surface area (Å²) in [5.41, 5.74) is 0. The first-order valence-corrected chi connectivity index (χ1v) is 11.9. The van der Waals surface area contributed by atoms with Crippen LogP contribution >= 0.6 is 0 Å². The van der Waals surface area contributed by atoms with E-state index in [1.807, 2.05) is 0 Å². The van der Waals surface area contributed by atoms with Crippen LogP contribution in [0.4, 0.5) is 0 Å². The van der Waals surface area contributed by atoms with E-state index in [4.69, 9.17) is 0 Å². The predicted molar refractivity (Wildman–Crippen MR) is 105 cm³/mol. The molecular weight excluding hydrogens is 517 g/mol. The molecular formula is C16H13Na3O10S3. The van der Waals surface area contributed by atoms with Gasteiger partial charge in [0, 0.05) is 32.3 Å². The first-order chi connectivity index (χ1) is 13.2. The van der Waals surface area contributed by atoms with E-state index in [0.29, 0.717) is 6.07 Å².